The molecule has 0 aromatic heterocycles. The van der Waals surface area contributed by atoms with Gasteiger partial charge in [0.1, 0.15) is 12.6 Å². The molecule has 0 bridgehead atoms. The topological polar surface area (TPSA) is 66.8 Å². The van der Waals surface area contributed by atoms with Crippen LogP contribution in [0.3, 0.4) is 0 Å². The highest BCUT2D eigenvalue weighted by Gasteiger charge is 2.48. The van der Waals surface area contributed by atoms with Crippen LogP contribution < -0.4 is 0 Å². The molecule has 3 rings (SSSR count). The summed E-state index contributed by atoms with van der Waals surface area (Å²) in [6.45, 7) is -0.0390. The smallest absolute Gasteiger partial charge is 0.416 e. The van der Waals surface area contributed by atoms with Crippen molar-refractivity contribution in [3.8, 4) is 0 Å². The fraction of sp³-hybridized carbons (Fsp3) is 0.263. The first-order valence-corrected chi connectivity index (χ1v) is 8.14. The van der Waals surface area contributed by atoms with E-state index in [0.717, 1.165) is 22.6 Å². The van der Waals surface area contributed by atoms with Crippen molar-refractivity contribution in [1.29, 1.82) is 0 Å². The Balaban J connectivity index is 1.70. The predicted octanol–water partition coefficient (Wildman–Crippen LogP) is 3.89. The number of carbonyl (C=O) groups excluding carboxylic acids is 1. The number of carboxylic acids is 1. The Morgan fingerprint density at radius 1 is 1.11 bits per heavy atom. The second kappa shape index (κ2) is 7.30. The molecular weight excluding hydrogens is 363 g/mol. The van der Waals surface area contributed by atoms with E-state index in [0.29, 0.717) is 0 Å². The summed E-state index contributed by atoms with van der Waals surface area (Å²) in [5, 5.41) is 9.43. The van der Waals surface area contributed by atoms with Crippen molar-refractivity contribution in [2.24, 2.45) is 0 Å². The van der Waals surface area contributed by atoms with Crippen molar-refractivity contribution in [2.75, 3.05) is 6.54 Å². The second-order valence-corrected chi connectivity index (χ2v) is 6.21. The standard InChI is InChI=1S/C19H16F3NO4/c20-19(21,22)14-8-4-7-13(9-14)15-10-23(16(15)17(24)25)18(26)27-11-12-5-2-1-3-6-12/h1-9,15-16H,10-11H2,(H,24,25)/t15-,16+/m1/s1. The van der Waals surface area contributed by atoms with Crippen LogP contribution >= 0.6 is 0 Å². The number of benzene rings is 2. The third-order valence-corrected chi connectivity index (χ3v) is 4.45. The van der Waals surface area contributed by atoms with Crippen LogP contribution in [-0.4, -0.2) is 34.7 Å². The van der Waals surface area contributed by atoms with E-state index in [2.05, 4.69) is 0 Å². The van der Waals surface area contributed by atoms with E-state index >= 15 is 0 Å². The van der Waals surface area contributed by atoms with Crippen LogP contribution in [0.2, 0.25) is 0 Å². The number of hydrogen-bond donors (Lipinski definition) is 1. The average molecular weight is 379 g/mol. The van der Waals surface area contributed by atoms with Crippen molar-refractivity contribution in [2.45, 2.75) is 24.7 Å². The number of ether oxygens (including phenoxy) is 1. The highest BCUT2D eigenvalue weighted by molar-refractivity contribution is 5.83. The van der Waals surface area contributed by atoms with Gasteiger partial charge in [-0.1, -0.05) is 48.5 Å². The third kappa shape index (κ3) is 4.05. The molecule has 27 heavy (non-hydrogen) atoms. The zero-order valence-electron chi connectivity index (χ0n) is 14.0. The number of hydrogen-bond acceptors (Lipinski definition) is 3. The van der Waals surface area contributed by atoms with Crippen LogP contribution in [0, 0.1) is 0 Å². The fourth-order valence-corrected chi connectivity index (χ4v) is 3.03. The van der Waals surface area contributed by atoms with Gasteiger partial charge in [-0.15, -0.1) is 0 Å². The largest absolute Gasteiger partial charge is 0.480 e. The van der Waals surface area contributed by atoms with E-state index in [4.69, 9.17) is 4.74 Å². The molecule has 2 atom stereocenters. The molecule has 1 fully saturated rings. The first kappa shape index (κ1) is 18.8. The Morgan fingerprint density at radius 2 is 1.81 bits per heavy atom. The van der Waals surface area contributed by atoms with Gasteiger partial charge in [-0.25, -0.2) is 9.59 Å². The molecule has 2 aromatic carbocycles. The minimum Gasteiger partial charge on any atom is -0.480 e. The molecule has 0 spiro atoms. The van der Waals surface area contributed by atoms with Crippen molar-refractivity contribution >= 4 is 12.1 Å². The van der Waals surface area contributed by atoms with E-state index in [1.165, 1.54) is 12.1 Å². The van der Waals surface area contributed by atoms with Gasteiger partial charge in [0.15, 0.2) is 0 Å². The van der Waals surface area contributed by atoms with Crippen LogP contribution in [-0.2, 0) is 22.3 Å². The molecule has 142 valence electrons. The number of carbonyl (C=O) groups is 2. The van der Waals surface area contributed by atoms with Crippen molar-refractivity contribution in [1.82, 2.24) is 4.90 Å². The quantitative estimate of drug-likeness (QED) is 0.875. The van der Waals surface area contributed by atoms with Crippen LogP contribution in [0.15, 0.2) is 54.6 Å². The molecule has 0 aliphatic carbocycles. The monoisotopic (exact) mass is 379 g/mol. The summed E-state index contributed by atoms with van der Waals surface area (Å²) in [7, 11) is 0. The lowest BCUT2D eigenvalue weighted by atomic mass is 9.82. The molecule has 1 amide bonds. The summed E-state index contributed by atoms with van der Waals surface area (Å²) >= 11 is 0. The molecule has 1 saturated heterocycles. The third-order valence-electron chi connectivity index (χ3n) is 4.45. The van der Waals surface area contributed by atoms with Gasteiger partial charge in [-0.05, 0) is 17.2 Å². The summed E-state index contributed by atoms with van der Waals surface area (Å²) in [4.78, 5) is 24.8. The van der Waals surface area contributed by atoms with Gasteiger partial charge in [-0.2, -0.15) is 13.2 Å². The second-order valence-electron chi connectivity index (χ2n) is 6.21. The van der Waals surface area contributed by atoms with E-state index in [1.807, 2.05) is 0 Å². The van der Waals surface area contributed by atoms with Crippen molar-refractivity contribution < 1.29 is 32.6 Å². The first-order valence-electron chi connectivity index (χ1n) is 8.14. The normalized spacial score (nSPS) is 19.3. The number of carboxylic acid groups (broad SMARTS) is 1. The fourth-order valence-electron chi connectivity index (χ4n) is 3.03. The van der Waals surface area contributed by atoms with Gasteiger partial charge in [0.05, 0.1) is 5.56 Å². The molecule has 1 aliphatic rings. The highest BCUT2D eigenvalue weighted by Crippen LogP contribution is 2.38. The maximum absolute atomic E-state index is 12.9. The number of halogens is 3. The number of amides is 1. The molecular formula is C19H16F3NO4. The minimum atomic E-state index is -4.52. The van der Waals surface area contributed by atoms with Crippen LogP contribution in [0.1, 0.15) is 22.6 Å². The minimum absolute atomic E-state index is 0.0171. The molecule has 1 heterocycles. The van der Waals surface area contributed by atoms with Crippen molar-refractivity contribution in [3.63, 3.8) is 0 Å². The molecule has 0 saturated carbocycles. The number of rotatable bonds is 4. The van der Waals surface area contributed by atoms with E-state index in [9.17, 15) is 27.9 Å². The lowest BCUT2D eigenvalue weighted by Crippen LogP contribution is -2.60. The lowest BCUT2D eigenvalue weighted by molar-refractivity contribution is -0.148. The number of likely N-dealkylation sites (tertiary alicyclic amines) is 1. The van der Waals surface area contributed by atoms with Gasteiger partial charge in [0.2, 0.25) is 0 Å². The Morgan fingerprint density at radius 3 is 2.44 bits per heavy atom. The first-order chi connectivity index (χ1) is 12.8. The summed E-state index contributed by atoms with van der Waals surface area (Å²) in [6.07, 6.45) is -5.33. The molecule has 1 N–H and O–H groups in total. The van der Waals surface area contributed by atoms with Crippen LogP contribution in [0.25, 0.3) is 0 Å². The lowest BCUT2D eigenvalue weighted by Gasteiger charge is -2.44. The van der Waals surface area contributed by atoms with E-state index in [-0.39, 0.29) is 18.7 Å². The van der Waals surface area contributed by atoms with E-state index < -0.39 is 35.8 Å². The Labute approximate surface area is 153 Å². The van der Waals surface area contributed by atoms with Gasteiger partial charge in [0.25, 0.3) is 0 Å². The maximum Gasteiger partial charge on any atom is 0.416 e. The summed E-state index contributed by atoms with van der Waals surface area (Å²) < 4.78 is 43.7. The number of aliphatic carboxylic acids is 1. The predicted molar refractivity (Wildman–Crippen MR) is 88.9 cm³/mol. The molecule has 8 heteroatoms. The summed E-state index contributed by atoms with van der Waals surface area (Å²) in [6, 6.07) is 12.1. The average Bonchev–Trinajstić information content (AvgIpc) is 2.59. The molecule has 2 aromatic rings. The number of nitrogens with zero attached hydrogens (tertiary/aromatic N) is 1. The summed E-state index contributed by atoms with van der Waals surface area (Å²) in [5.41, 5.74) is 0.117. The molecule has 5 nitrogen and oxygen atoms in total. The van der Waals surface area contributed by atoms with Crippen LogP contribution in [0.5, 0.6) is 0 Å². The summed E-state index contributed by atoms with van der Waals surface area (Å²) in [5.74, 6) is -2.02. The maximum atomic E-state index is 12.9. The van der Waals surface area contributed by atoms with Gasteiger partial charge < -0.3 is 9.84 Å². The Kier molecular flexibility index (Phi) is 5.07. The molecule has 0 radical (unpaired) electrons. The number of alkyl halides is 3. The van der Waals surface area contributed by atoms with Gasteiger partial charge >= 0.3 is 18.2 Å². The molecule has 1 aliphatic heterocycles. The van der Waals surface area contributed by atoms with Crippen molar-refractivity contribution in [3.05, 3.63) is 71.3 Å². The van der Waals surface area contributed by atoms with E-state index in [1.54, 1.807) is 30.3 Å². The Bertz CT molecular complexity index is 838. The van der Waals surface area contributed by atoms with Gasteiger partial charge in [-0.3, -0.25) is 4.90 Å². The zero-order chi connectivity index (χ0) is 19.6. The SMILES string of the molecule is O=C(O)[C@@H]1[C@@H](c2cccc(C(F)(F)F)c2)CN1C(=O)OCc1ccccc1. The van der Waals surface area contributed by atoms with Crippen LogP contribution in [0.4, 0.5) is 18.0 Å². The highest BCUT2D eigenvalue weighted by atomic mass is 19.4. The Hall–Kier alpha value is -3.03. The molecule has 0 unspecified atom stereocenters. The van der Waals surface area contributed by atoms with Gasteiger partial charge in [0, 0.05) is 12.5 Å². The zero-order valence-corrected chi connectivity index (χ0v) is 14.0.